The number of hydrogen-bond acceptors (Lipinski definition) is 9. The van der Waals surface area contributed by atoms with E-state index in [9.17, 15) is 9.90 Å². The van der Waals surface area contributed by atoms with Crippen molar-refractivity contribution in [3.8, 4) is 5.75 Å². The molecule has 0 amide bonds. The van der Waals surface area contributed by atoms with Gasteiger partial charge in [0.15, 0.2) is 11.9 Å². The van der Waals surface area contributed by atoms with Crippen LogP contribution in [-0.4, -0.2) is 48.9 Å². The number of ether oxygens (including phenoxy) is 3. The Labute approximate surface area is 265 Å². The van der Waals surface area contributed by atoms with Gasteiger partial charge in [-0.05, 0) is 34.4 Å². The van der Waals surface area contributed by atoms with E-state index in [2.05, 4.69) is 51.9 Å². The number of carboxylic acid groups (broad SMARTS) is 1. The molecule has 0 bridgehead atoms. The molecule has 0 fully saturated rings. The lowest BCUT2D eigenvalue weighted by atomic mass is 9.77. The van der Waals surface area contributed by atoms with Gasteiger partial charge in [0.2, 0.25) is 5.71 Å². The van der Waals surface area contributed by atoms with E-state index in [1.165, 1.54) is 11.3 Å². The summed E-state index contributed by atoms with van der Waals surface area (Å²) in [5.41, 5.74) is 2.89. The number of methoxy groups -OCH3 is 1. The van der Waals surface area contributed by atoms with Crippen LogP contribution >= 0.6 is 11.3 Å². The smallest absolute Gasteiger partial charge is 0.360 e. The summed E-state index contributed by atoms with van der Waals surface area (Å²) in [6, 6.07) is 37.5. The Kier molecular flexibility index (Phi) is 10.9. The van der Waals surface area contributed by atoms with E-state index >= 15 is 0 Å². The average Bonchev–Trinajstić information content (AvgIpc) is 3.55. The number of rotatable bonds is 16. The highest BCUT2D eigenvalue weighted by atomic mass is 32.1. The number of thiazole rings is 1. The van der Waals surface area contributed by atoms with Crippen molar-refractivity contribution in [1.29, 1.82) is 0 Å². The van der Waals surface area contributed by atoms with Crippen LogP contribution in [0.2, 0.25) is 0 Å². The average molecular weight is 624 g/mol. The molecule has 10 heteroatoms. The van der Waals surface area contributed by atoms with Gasteiger partial charge in [-0.1, -0.05) is 108 Å². The molecule has 0 spiro atoms. The van der Waals surface area contributed by atoms with Crippen molar-refractivity contribution in [1.82, 2.24) is 4.98 Å². The third kappa shape index (κ3) is 7.93. The fourth-order valence-corrected chi connectivity index (χ4v) is 5.49. The summed E-state index contributed by atoms with van der Waals surface area (Å²) in [4.78, 5) is 22.3. The van der Waals surface area contributed by atoms with Gasteiger partial charge in [0, 0.05) is 12.5 Å². The van der Waals surface area contributed by atoms with Gasteiger partial charge in [0.25, 0.3) is 0 Å². The number of nitrogens with one attached hydrogen (secondary N) is 1. The Morgan fingerprint density at radius 3 is 1.96 bits per heavy atom. The van der Waals surface area contributed by atoms with Crippen LogP contribution in [0.3, 0.4) is 0 Å². The molecule has 0 saturated carbocycles. The molecule has 5 aromatic rings. The number of aromatic nitrogens is 1. The molecule has 1 heterocycles. The standard InChI is InChI=1S/C35H33N3O6S/c1-41-21-22-42-25-43-30-19-17-26(18-20-30)23-44-38-32(33(39)40)31-24-45-34(36-31)37-35(27-11-5-2-6-12-27,28-13-7-3-8-14-28)29-15-9-4-10-16-29/h2-20,24H,21-23,25H2,1H3,(H,36,37)(H,39,40)/b38-32+. The highest BCUT2D eigenvalue weighted by Gasteiger charge is 2.37. The van der Waals surface area contributed by atoms with Crippen molar-refractivity contribution in [2.45, 2.75) is 12.1 Å². The first kappa shape index (κ1) is 31.4. The molecular weight excluding hydrogens is 590 g/mol. The molecule has 0 aliphatic carbocycles. The van der Waals surface area contributed by atoms with Crippen LogP contribution in [0.4, 0.5) is 5.13 Å². The first-order chi connectivity index (χ1) is 22.1. The van der Waals surface area contributed by atoms with Crippen molar-refractivity contribution in [3.05, 3.63) is 149 Å². The minimum absolute atomic E-state index is 0.0653. The maximum Gasteiger partial charge on any atom is 0.360 e. The van der Waals surface area contributed by atoms with Crippen LogP contribution in [0.1, 0.15) is 27.9 Å². The van der Waals surface area contributed by atoms with E-state index in [0.717, 1.165) is 22.3 Å². The predicted molar refractivity (Wildman–Crippen MR) is 174 cm³/mol. The largest absolute Gasteiger partial charge is 0.476 e. The Morgan fingerprint density at radius 1 is 0.844 bits per heavy atom. The second kappa shape index (κ2) is 15.6. The number of benzene rings is 4. The van der Waals surface area contributed by atoms with Crippen LogP contribution in [0, 0.1) is 0 Å². The molecule has 5 rings (SSSR count). The van der Waals surface area contributed by atoms with Crippen molar-refractivity contribution in [2.75, 3.05) is 32.4 Å². The lowest BCUT2D eigenvalue weighted by molar-refractivity contribution is -0.129. The molecule has 0 radical (unpaired) electrons. The minimum Gasteiger partial charge on any atom is -0.476 e. The molecular formula is C35H33N3O6S. The van der Waals surface area contributed by atoms with Gasteiger partial charge in [-0.2, -0.15) is 0 Å². The molecule has 0 saturated heterocycles. The zero-order valence-electron chi connectivity index (χ0n) is 24.7. The Bertz CT molecular complexity index is 1570. The molecule has 0 atom stereocenters. The zero-order valence-corrected chi connectivity index (χ0v) is 25.5. The van der Waals surface area contributed by atoms with Crippen LogP contribution < -0.4 is 10.1 Å². The molecule has 9 nitrogen and oxygen atoms in total. The van der Waals surface area contributed by atoms with Crippen molar-refractivity contribution in [2.24, 2.45) is 5.16 Å². The summed E-state index contributed by atoms with van der Waals surface area (Å²) < 4.78 is 15.8. The molecule has 230 valence electrons. The highest BCUT2D eigenvalue weighted by molar-refractivity contribution is 7.14. The monoisotopic (exact) mass is 623 g/mol. The highest BCUT2D eigenvalue weighted by Crippen LogP contribution is 2.40. The van der Waals surface area contributed by atoms with E-state index in [1.54, 1.807) is 24.6 Å². The maximum absolute atomic E-state index is 12.2. The fraction of sp³-hybridized carbons (Fsp3) is 0.171. The minimum atomic E-state index is -1.25. The molecule has 0 aliphatic heterocycles. The second-order valence-electron chi connectivity index (χ2n) is 9.84. The number of aliphatic carboxylic acids is 1. The third-order valence-corrected chi connectivity index (χ3v) is 7.67. The number of carboxylic acids is 1. The van der Waals surface area contributed by atoms with E-state index < -0.39 is 11.5 Å². The summed E-state index contributed by atoms with van der Waals surface area (Å²) in [5, 5.41) is 19.8. The third-order valence-electron chi connectivity index (χ3n) is 6.92. The summed E-state index contributed by atoms with van der Waals surface area (Å²) in [6.07, 6.45) is 0. The lowest BCUT2D eigenvalue weighted by Gasteiger charge is -2.36. The molecule has 0 unspecified atom stereocenters. The van der Waals surface area contributed by atoms with Crippen molar-refractivity contribution in [3.63, 3.8) is 0 Å². The quantitative estimate of drug-likeness (QED) is 0.0419. The van der Waals surface area contributed by atoms with Gasteiger partial charge >= 0.3 is 5.97 Å². The number of carbonyl (C=O) groups is 1. The first-order valence-electron chi connectivity index (χ1n) is 14.2. The zero-order chi connectivity index (χ0) is 31.3. The Balaban J connectivity index is 1.35. The molecule has 4 aromatic carbocycles. The SMILES string of the molecule is COCCOCOc1ccc(CO/N=C(/C(=O)O)c2csc(NC(c3ccccc3)(c3ccccc3)c3ccccc3)n2)cc1. The normalized spacial score (nSPS) is 11.6. The lowest BCUT2D eigenvalue weighted by Crippen LogP contribution is -2.38. The van der Waals surface area contributed by atoms with Gasteiger partial charge < -0.3 is 29.5 Å². The molecule has 1 aromatic heterocycles. The van der Waals surface area contributed by atoms with E-state index in [4.69, 9.17) is 19.0 Å². The van der Waals surface area contributed by atoms with Crippen molar-refractivity contribution < 1.29 is 28.9 Å². The van der Waals surface area contributed by atoms with Crippen LogP contribution in [-0.2, 0) is 31.3 Å². The van der Waals surface area contributed by atoms with Gasteiger partial charge in [-0.25, -0.2) is 9.78 Å². The summed E-state index contributed by atoms with van der Waals surface area (Å²) >= 11 is 1.30. The van der Waals surface area contributed by atoms with Gasteiger partial charge in [0.1, 0.15) is 23.6 Å². The summed E-state index contributed by atoms with van der Waals surface area (Å²) in [5.74, 6) is -0.615. The number of nitrogens with zero attached hydrogens (tertiary/aromatic N) is 2. The fourth-order valence-electron chi connectivity index (χ4n) is 4.74. The van der Waals surface area contributed by atoms with Gasteiger partial charge in [-0.3, -0.25) is 0 Å². The van der Waals surface area contributed by atoms with Crippen LogP contribution in [0.5, 0.6) is 5.75 Å². The summed E-state index contributed by atoms with van der Waals surface area (Å²) in [6.45, 7) is 1.11. The molecule has 2 N–H and O–H groups in total. The maximum atomic E-state index is 12.2. The molecule has 45 heavy (non-hydrogen) atoms. The van der Waals surface area contributed by atoms with E-state index in [1.807, 2.05) is 66.7 Å². The van der Waals surface area contributed by atoms with E-state index in [0.29, 0.717) is 24.1 Å². The van der Waals surface area contributed by atoms with Gasteiger partial charge in [-0.15, -0.1) is 11.3 Å². The second-order valence-corrected chi connectivity index (χ2v) is 10.7. The predicted octanol–water partition coefficient (Wildman–Crippen LogP) is 6.55. The number of hydrogen-bond donors (Lipinski definition) is 2. The molecule has 0 aliphatic rings. The first-order valence-corrected chi connectivity index (χ1v) is 15.1. The van der Waals surface area contributed by atoms with Gasteiger partial charge in [0.05, 0.1) is 13.2 Å². The number of anilines is 1. The Morgan fingerprint density at radius 2 is 1.42 bits per heavy atom. The van der Waals surface area contributed by atoms with Crippen LogP contribution in [0.15, 0.2) is 126 Å². The van der Waals surface area contributed by atoms with Crippen LogP contribution in [0.25, 0.3) is 0 Å². The Hall–Kier alpha value is -5.03. The van der Waals surface area contributed by atoms with E-state index in [-0.39, 0.29) is 24.8 Å². The summed E-state index contributed by atoms with van der Waals surface area (Å²) in [7, 11) is 1.61. The number of oxime groups is 1. The van der Waals surface area contributed by atoms with Crippen molar-refractivity contribution >= 4 is 28.1 Å². The topological polar surface area (TPSA) is 112 Å².